The van der Waals surface area contributed by atoms with Gasteiger partial charge >= 0.3 is 0 Å². The highest BCUT2D eigenvalue weighted by molar-refractivity contribution is 5.52. The van der Waals surface area contributed by atoms with E-state index in [2.05, 4.69) is 43.5 Å². The summed E-state index contributed by atoms with van der Waals surface area (Å²) in [7, 11) is 2.01. The van der Waals surface area contributed by atoms with Gasteiger partial charge in [-0.15, -0.1) is 0 Å². The molecule has 3 aromatic rings. The highest BCUT2D eigenvalue weighted by atomic mass is 15.3. The maximum absolute atomic E-state index is 4.50. The summed E-state index contributed by atoms with van der Waals surface area (Å²) < 4.78 is 1.96. The van der Waals surface area contributed by atoms with Gasteiger partial charge in [0.1, 0.15) is 11.6 Å². The van der Waals surface area contributed by atoms with Crippen LogP contribution in [0.15, 0.2) is 48.8 Å². The number of nitrogens with zero attached hydrogens (tertiary/aromatic N) is 5. The smallest absolute Gasteiger partial charge is 0.131 e. The Hall–Kier alpha value is -2.73. The number of aryl methyl sites for hydroxylation is 2. The third-order valence-corrected chi connectivity index (χ3v) is 5.30. The number of aromatic nitrogens is 4. The first-order valence-electron chi connectivity index (χ1n) is 9.53. The van der Waals surface area contributed by atoms with E-state index in [1.165, 1.54) is 24.1 Å². The fourth-order valence-corrected chi connectivity index (χ4v) is 3.72. The van der Waals surface area contributed by atoms with Gasteiger partial charge in [-0.1, -0.05) is 6.07 Å². The number of rotatable bonds is 5. The molecule has 1 saturated heterocycles. The van der Waals surface area contributed by atoms with Gasteiger partial charge in [0, 0.05) is 31.7 Å². The van der Waals surface area contributed by atoms with E-state index in [4.69, 9.17) is 0 Å². The SMILES string of the molecule is Cc1cccc(Nc2cc(C3CCN(Cc4ccnn4C)CC3)ccn2)n1. The normalized spacial score (nSPS) is 15.8. The highest BCUT2D eigenvalue weighted by Gasteiger charge is 2.21. The van der Waals surface area contributed by atoms with Crippen molar-refractivity contribution < 1.29 is 0 Å². The number of pyridine rings is 2. The molecule has 0 saturated carbocycles. The number of hydrogen-bond donors (Lipinski definition) is 1. The van der Waals surface area contributed by atoms with Gasteiger partial charge in [-0.25, -0.2) is 9.97 Å². The van der Waals surface area contributed by atoms with E-state index in [9.17, 15) is 0 Å². The minimum Gasteiger partial charge on any atom is -0.325 e. The second kappa shape index (κ2) is 7.88. The van der Waals surface area contributed by atoms with E-state index in [1.807, 2.05) is 49.2 Å². The fourth-order valence-electron chi connectivity index (χ4n) is 3.72. The summed E-state index contributed by atoms with van der Waals surface area (Å²) in [5.74, 6) is 2.29. The van der Waals surface area contributed by atoms with Crippen molar-refractivity contribution in [2.24, 2.45) is 7.05 Å². The first-order valence-corrected chi connectivity index (χ1v) is 9.53. The molecular formula is C21H26N6. The molecule has 0 amide bonds. The number of nitrogens with one attached hydrogen (secondary N) is 1. The Labute approximate surface area is 160 Å². The number of anilines is 2. The summed E-state index contributed by atoms with van der Waals surface area (Å²) in [5.41, 5.74) is 3.63. The molecule has 0 bridgehead atoms. The zero-order valence-electron chi connectivity index (χ0n) is 16.0. The van der Waals surface area contributed by atoms with Crippen LogP contribution in [0.5, 0.6) is 0 Å². The molecule has 0 atom stereocenters. The van der Waals surface area contributed by atoms with Crippen LogP contribution in [0.25, 0.3) is 0 Å². The lowest BCUT2D eigenvalue weighted by molar-refractivity contribution is 0.200. The van der Waals surface area contributed by atoms with Crippen molar-refractivity contribution in [1.82, 2.24) is 24.6 Å². The molecule has 4 rings (SSSR count). The van der Waals surface area contributed by atoms with Crippen LogP contribution in [0.4, 0.5) is 11.6 Å². The number of likely N-dealkylation sites (tertiary alicyclic amines) is 1. The zero-order valence-corrected chi connectivity index (χ0v) is 16.0. The van der Waals surface area contributed by atoms with Crippen LogP contribution in [0, 0.1) is 6.92 Å². The van der Waals surface area contributed by atoms with Crippen molar-refractivity contribution >= 4 is 11.6 Å². The van der Waals surface area contributed by atoms with Gasteiger partial charge in [-0.3, -0.25) is 9.58 Å². The third kappa shape index (κ3) is 4.34. The van der Waals surface area contributed by atoms with Crippen molar-refractivity contribution in [2.45, 2.75) is 32.2 Å². The molecular weight excluding hydrogens is 336 g/mol. The summed E-state index contributed by atoms with van der Waals surface area (Å²) in [4.78, 5) is 11.5. The standard InChI is InChI=1S/C21H26N6/c1-16-4-3-5-20(24-16)25-21-14-18(6-10-22-21)17-8-12-27(13-9-17)15-19-7-11-23-26(19)2/h3-7,10-11,14,17H,8-9,12-13,15H2,1-2H3,(H,22,24,25). The Kier molecular flexibility index (Phi) is 5.16. The van der Waals surface area contributed by atoms with Crippen molar-refractivity contribution in [3.8, 4) is 0 Å². The lowest BCUT2D eigenvalue weighted by atomic mass is 9.90. The molecule has 1 aliphatic rings. The Morgan fingerprint density at radius 2 is 1.93 bits per heavy atom. The molecule has 0 aliphatic carbocycles. The van der Waals surface area contributed by atoms with Crippen molar-refractivity contribution in [1.29, 1.82) is 0 Å². The van der Waals surface area contributed by atoms with E-state index >= 15 is 0 Å². The largest absolute Gasteiger partial charge is 0.325 e. The fraction of sp³-hybridized carbons (Fsp3) is 0.381. The van der Waals surface area contributed by atoms with Crippen LogP contribution in [0.3, 0.4) is 0 Å². The summed E-state index contributed by atoms with van der Waals surface area (Å²) in [6.45, 7) is 5.19. The molecule has 0 aromatic carbocycles. The minimum absolute atomic E-state index is 0.585. The quantitative estimate of drug-likeness (QED) is 0.751. The average Bonchev–Trinajstić information content (AvgIpc) is 3.07. The maximum Gasteiger partial charge on any atom is 0.131 e. The van der Waals surface area contributed by atoms with Crippen LogP contribution in [0.1, 0.15) is 35.7 Å². The van der Waals surface area contributed by atoms with Gasteiger partial charge in [0.2, 0.25) is 0 Å². The highest BCUT2D eigenvalue weighted by Crippen LogP contribution is 2.30. The third-order valence-electron chi connectivity index (χ3n) is 5.30. The van der Waals surface area contributed by atoms with Gasteiger partial charge < -0.3 is 5.32 Å². The molecule has 0 spiro atoms. The molecule has 6 nitrogen and oxygen atoms in total. The second-order valence-electron chi connectivity index (χ2n) is 7.26. The monoisotopic (exact) mass is 362 g/mol. The minimum atomic E-state index is 0.585. The molecule has 27 heavy (non-hydrogen) atoms. The van der Waals surface area contributed by atoms with E-state index in [1.54, 1.807) is 0 Å². The van der Waals surface area contributed by atoms with Gasteiger partial charge in [0.05, 0.1) is 5.69 Å². The Morgan fingerprint density at radius 1 is 1.07 bits per heavy atom. The Morgan fingerprint density at radius 3 is 2.67 bits per heavy atom. The number of hydrogen-bond acceptors (Lipinski definition) is 5. The summed E-state index contributed by atoms with van der Waals surface area (Å²) in [5, 5.41) is 7.59. The molecule has 1 N–H and O–H groups in total. The lowest BCUT2D eigenvalue weighted by Crippen LogP contribution is -2.33. The molecule has 3 aromatic heterocycles. The lowest BCUT2D eigenvalue weighted by Gasteiger charge is -2.32. The first kappa shape index (κ1) is 17.7. The van der Waals surface area contributed by atoms with E-state index in [-0.39, 0.29) is 0 Å². The molecule has 4 heterocycles. The first-order chi connectivity index (χ1) is 13.2. The van der Waals surface area contributed by atoms with Crippen molar-refractivity contribution in [3.05, 3.63) is 65.7 Å². The molecule has 140 valence electrons. The van der Waals surface area contributed by atoms with E-state index in [0.29, 0.717) is 5.92 Å². The van der Waals surface area contributed by atoms with E-state index < -0.39 is 0 Å². The molecule has 0 unspecified atom stereocenters. The van der Waals surface area contributed by atoms with Gasteiger partial charge in [0.15, 0.2) is 0 Å². The second-order valence-corrected chi connectivity index (χ2v) is 7.26. The predicted molar refractivity (Wildman–Crippen MR) is 107 cm³/mol. The van der Waals surface area contributed by atoms with Crippen LogP contribution < -0.4 is 5.32 Å². The summed E-state index contributed by atoms with van der Waals surface area (Å²) in [6, 6.07) is 12.4. The van der Waals surface area contributed by atoms with Crippen LogP contribution in [0.2, 0.25) is 0 Å². The Bertz CT molecular complexity index is 895. The van der Waals surface area contributed by atoms with Crippen molar-refractivity contribution in [3.63, 3.8) is 0 Å². The van der Waals surface area contributed by atoms with Crippen LogP contribution in [-0.2, 0) is 13.6 Å². The van der Waals surface area contributed by atoms with E-state index in [0.717, 1.165) is 37.0 Å². The summed E-state index contributed by atoms with van der Waals surface area (Å²) >= 11 is 0. The number of piperidine rings is 1. The molecule has 1 aliphatic heterocycles. The molecule has 0 radical (unpaired) electrons. The van der Waals surface area contributed by atoms with Crippen LogP contribution in [-0.4, -0.2) is 37.7 Å². The summed E-state index contributed by atoms with van der Waals surface area (Å²) in [6.07, 6.45) is 6.11. The Balaban J connectivity index is 1.37. The predicted octanol–water partition coefficient (Wildman–Crippen LogP) is 3.64. The average molecular weight is 362 g/mol. The van der Waals surface area contributed by atoms with Gasteiger partial charge in [-0.2, -0.15) is 5.10 Å². The van der Waals surface area contributed by atoms with Gasteiger partial charge in [0.25, 0.3) is 0 Å². The van der Waals surface area contributed by atoms with Crippen LogP contribution >= 0.6 is 0 Å². The zero-order chi connectivity index (χ0) is 18.6. The van der Waals surface area contributed by atoms with Crippen molar-refractivity contribution in [2.75, 3.05) is 18.4 Å². The van der Waals surface area contributed by atoms with Gasteiger partial charge in [-0.05, 0) is 74.7 Å². The molecule has 1 fully saturated rings. The topological polar surface area (TPSA) is 58.9 Å². The molecule has 6 heteroatoms. The maximum atomic E-state index is 4.50.